The molecule has 2 amide bonds. The fourth-order valence-corrected chi connectivity index (χ4v) is 4.59. The van der Waals surface area contributed by atoms with Gasteiger partial charge in [0.1, 0.15) is 12.6 Å². The van der Waals surface area contributed by atoms with Crippen LogP contribution in [0.1, 0.15) is 17.0 Å². The van der Waals surface area contributed by atoms with Crippen molar-refractivity contribution in [3.8, 4) is 0 Å². The molecule has 1 fully saturated rings. The molecule has 2 heterocycles. The number of cyclic esters (lactones) is 1. The van der Waals surface area contributed by atoms with Crippen molar-refractivity contribution in [3.05, 3.63) is 99.5 Å². The second-order valence-electron chi connectivity index (χ2n) is 7.75. The van der Waals surface area contributed by atoms with E-state index in [4.69, 9.17) is 21.4 Å². The molecule has 33 heavy (non-hydrogen) atoms. The Morgan fingerprint density at radius 2 is 1.70 bits per heavy atom. The van der Waals surface area contributed by atoms with Crippen molar-refractivity contribution in [1.29, 1.82) is 0 Å². The lowest BCUT2D eigenvalue weighted by Gasteiger charge is -2.29. The largest absolute Gasteiger partial charge is 0.447 e. The Labute approximate surface area is 204 Å². The first kappa shape index (κ1) is 21.7. The van der Waals surface area contributed by atoms with Crippen LogP contribution in [0.5, 0.6) is 0 Å². The summed E-state index contributed by atoms with van der Waals surface area (Å²) >= 11 is 9.61. The predicted molar refractivity (Wildman–Crippen MR) is 131 cm³/mol. The van der Waals surface area contributed by atoms with E-state index < -0.39 is 18.1 Å². The smallest absolute Gasteiger partial charge is 0.416 e. The average Bonchev–Trinajstić information content (AvgIpc) is 3.44. The van der Waals surface area contributed by atoms with Gasteiger partial charge in [-0.05, 0) is 47.5 Å². The third-order valence-corrected chi connectivity index (χ3v) is 6.54. The number of amides is 2. The highest BCUT2D eigenvalue weighted by molar-refractivity contribution is 9.10. The molecular weight excluding hydrogens is 506 g/mol. The summed E-state index contributed by atoms with van der Waals surface area (Å²) in [6.07, 6.45) is -0.626. The number of imide groups is 1. The number of hydrazone groups is 1. The summed E-state index contributed by atoms with van der Waals surface area (Å²) in [7, 11) is 0. The van der Waals surface area contributed by atoms with Crippen LogP contribution in [-0.4, -0.2) is 41.8 Å². The third kappa shape index (κ3) is 4.14. The number of ether oxygens (including phenoxy) is 1. The first-order valence-corrected chi connectivity index (χ1v) is 11.6. The van der Waals surface area contributed by atoms with Crippen LogP contribution in [0.2, 0.25) is 5.02 Å². The Morgan fingerprint density at radius 3 is 2.33 bits per heavy atom. The summed E-state index contributed by atoms with van der Waals surface area (Å²) in [6, 6.07) is 24.0. The van der Waals surface area contributed by atoms with Gasteiger partial charge in [0, 0.05) is 9.50 Å². The van der Waals surface area contributed by atoms with Gasteiger partial charge in [0.15, 0.2) is 0 Å². The first-order valence-electron chi connectivity index (χ1n) is 10.5. The molecule has 0 bridgehead atoms. The normalized spacial score (nSPS) is 20.1. The molecule has 0 radical (unpaired) electrons. The minimum Gasteiger partial charge on any atom is -0.447 e. The zero-order valence-corrected chi connectivity index (χ0v) is 19.7. The molecule has 0 aliphatic carbocycles. The maximum Gasteiger partial charge on any atom is 0.416 e. The molecule has 0 aromatic heterocycles. The van der Waals surface area contributed by atoms with Gasteiger partial charge in [-0.3, -0.25) is 9.80 Å². The first-order chi connectivity index (χ1) is 16.0. The van der Waals surface area contributed by atoms with E-state index in [-0.39, 0.29) is 19.1 Å². The number of hydrogen-bond acceptors (Lipinski definition) is 5. The van der Waals surface area contributed by atoms with Crippen molar-refractivity contribution >= 4 is 50.9 Å². The molecule has 2 aliphatic rings. The monoisotopic (exact) mass is 523 g/mol. The molecule has 0 spiro atoms. The van der Waals surface area contributed by atoms with Gasteiger partial charge in [0.25, 0.3) is 5.91 Å². The van der Waals surface area contributed by atoms with Crippen LogP contribution in [-0.2, 0) is 9.53 Å². The quantitative estimate of drug-likeness (QED) is 0.455. The van der Waals surface area contributed by atoms with Gasteiger partial charge >= 0.3 is 6.09 Å². The van der Waals surface area contributed by atoms with E-state index >= 15 is 0 Å². The van der Waals surface area contributed by atoms with Gasteiger partial charge in [-0.1, -0.05) is 70.0 Å². The number of rotatable bonds is 4. The van der Waals surface area contributed by atoms with Gasteiger partial charge in [0.05, 0.1) is 23.9 Å². The minimum absolute atomic E-state index is 0.188. The maximum absolute atomic E-state index is 13.8. The van der Waals surface area contributed by atoms with Crippen LogP contribution in [0.25, 0.3) is 0 Å². The fourth-order valence-electron chi connectivity index (χ4n) is 4.20. The molecule has 2 atom stereocenters. The molecule has 8 heteroatoms. The maximum atomic E-state index is 13.8. The van der Waals surface area contributed by atoms with E-state index in [0.29, 0.717) is 5.02 Å². The fraction of sp³-hybridized carbons (Fsp3) is 0.160. The Morgan fingerprint density at radius 1 is 1.00 bits per heavy atom. The molecule has 0 unspecified atom stereocenters. The van der Waals surface area contributed by atoms with Gasteiger partial charge < -0.3 is 4.74 Å². The van der Waals surface area contributed by atoms with E-state index in [0.717, 1.165) is 27.0 Å². The molecule has 3 aromatic carbocycles. The van der Waals surface area contributed by atoms with Crippen molar-refractivity contribution in [2.45, 2.75) is 12.0 Å². The Bertz CT molecular complexity index is 1220. The van der Waals surface area contributed by atoms with Crippen molar-refractivity contribution in [2.75, 3.05) is 18.2 Å². The van der Waals surface area contributed by atoms with Crippen molar-refractivity contribution < 1.29 is 14.3 Å². The molecule has 0 N–H and O–H groups in total. The van der Waals surface area contributed by atoms with Crippen LogP contribution in [0.15, 0.2) is 88.4 Å². The summed E-state index contributed by atoms with van der Waals surface area (Å²) in [5.74, 6) is -0.774. The molecule has 6 nitrogen and oxygen atoms in total. The number of benzene rings is 3. The number of hydrogen-bond donors (Lipinski definition) is 0. The molecular formula is C25H19BrClN3O3. The molecule has 166 valence electrons. The molecule has 5 rings (SSSR count). The minimum atomic E-state index is -0.770. The van der Waals surface area contributed by atoms with Crippen molar-refractivity contribution in [1.82, 2.24) is 4.90 Å². The van der Waals surface area contributed by atoms with Gasteiger partial charge in [-0.15, -0.1) is 0 Å². The summed E-state index contributed by atoms with van der Waals surface area (Å²) in [6.45, 7) is 0.407. The number of carbonyl (C=O) groups excluding carboxylic acids is 2. The van der Waals surface area contributed by atoms with E-state index in [1.807, 2.05) is 66.7 Å². The lowest BCUT2D eigenvalue weighted by atomic mass is 9.84. The van der Waals surface area contributed by atoms with Crippen LogP contribution < -0.4 is 5.01 Å². The van der Waals surface area contributed by atoms with Crippen LogP contribution in [0.4, 0.5) is 10.5 Å². The van der Waals surface area contributed by atoms with E-state index in [2.05, 4.69) is 15.9 Å². The van der Waals surface area contributed by atoms with E-state index in [1.165, 1.54) is 4.90 Å². The summed E-state index contributed by atoms with van der Waals surface area (Å²) < 4.78 is 5.97. The summed E-state index contributed by atoms with van der Waals surface area (Å²) in [5, 5.41) is 7.25. The predicted octanol–water partition coefficient (Wildman–Crippen LogP) is 5.46. The number of anilines is 1. The van der Waals surface area contributed by atoms with Gasteiger partial charge in [-0.25, -0.2) is 9.69 Å². The Balaban J connectivity index is 1.67. The van der Waals surface area contributed by atoms with Crippen LogP contribution in [0.3, 0.4) is 0 Å². The highest BCUT2D eigenvalue weighted by Crippen LogP contribution is 2.39. The second-order valence-corrected chi connectivity index (χ2v) is 9.10. The number of nitrogens with zero attached hydrogens (tertiary/aromatic N) is 3. The van der Waals surface area contributed by atoms with E-state index in [9.17, 15) is 9.59 Å². The van der Waals surface area contributed by atoms with Gasteiger partial charge in [-0.2, -0.15) is 5.10 Å². The zero-order valence-electron chi connectivity index (χ0n) is 17.4. The molecule has 0 saturated carbocycles. The molecule has 1 saturated heterocycles. The molecule has 3 aromatic rings. The van der Waals surface area contributed by atoms with Crippen molar-refractivity contribution in [3.63, 3.8) is 0 Å². The highest BCUT2D eigenvalue weighted by Gasteiger charge is 2.48. The average molecular weight is 525 g/mol. The zero-order chi connectivity index (χ0) is 22.9. The SMILES string of the molecule is O=C1OCCN1C(=O)[C@H]1[C@H](c2ccc(Cl)cc2)C(c2ccccc2)=NN1c1ccc(Br)cc1. The van der Waals surface area contributed by atoms with Crippen LogP contribution in [0, 0.1) is 0 Å². The lowest BCUT2D eigenvalue weighted by Crippen LogP contribution is -2.48. The standard InChI is InChI=1S/C25H19BrClN3O3/c26-18-8-12-20(13-9-18)30-23(24(31)29-14-15-33-25(29)32)21(16-6-10-19(27)11-7-16)22(28-30)17-4-2-1-3-5-17/h1-13,21,23H,14-15H2/t21-,23-/m1/s1. The Kier molecular flexibility index (Phi) is 5.91. The Hall–Kier alpha value is -3.16. The molecule has 2 aliphatic heterocycles. The number of carbonyl (C=O) groups is 2. The summed E-state index contributed by atoms with van der Waals surface area (Å²) in [5.41, 5.74) is 3.27. The topological polar surface area (TPSA) is 62.2 Å². The van der Waals surface area contributed by atoms with Gasteiger partial charge in [0.2, 0.25) is 0 Å². The lowest BCUT2D eigenvalue weighted by molar-refractivity contribution is -0.129. The number of halogens is 2. The summed E-state index contributed by atoms with van der Waals surface area (Å²) in [4.78, 5) is 27.3. The van der Waals surface area contributed by atoms with Crippen molar-refractivity contribution in [2.24, 2.45) is 5.10 Å². The second kappa shape index (κ2) is 9.00. The highest BCUT2D eigenvalue weighted by atomic mass is 79.9. The van der Waals surface area contributed by atoms with E-state index in [1.54, 1.807) is 17.1 Å². The van der Waals surface area contributed by atoms with Crippen LogP contribution >= 0.6 is 27.5 Å². The third-order valence-electron chi connectivity index (χ3n) is 5.76.